The maximum atomic E-state index is 13.3. The van der Waals surface area contributed by atoms with E-state index in [9.17, 15) is 19.5 Å². The number of benzene rings is 1. The van der Waals surface area contributed by atoms with Crippen LogP contribution < -0.4 is 4.90 Å². The van der Waals surface area contributed by atoms with E-state index in [2.05, 4.69) is 0 Å². The van der Waals surface area contributed by atoms with E-state index in [0.717, 1.165) is 21.5 Å². The molecule has 168 valence electrons. The average molecular weight is 454 g/mol. The molecule has 0 radical (unpaired) electrons. The van der Waals surface area contributed by atoms with Crippen LogP contribution in [-0.4, -0.2) is 52.0 Å². The first kappa shape index (κ1) is 22.1. The second-order valence-electron chi connectivity index (χ2n) is 8.17. The number of hydrogen-bond acceptors (Lipinski definition) is 4. The van der Waals surface area contributed by atoms with Crippen molar-refractivity contribution in [1.82, 2.24) is 9.47 Å². The van der Waals surface area contributed by atoms with E-state index in [-0.39, 0.29) is 18.4 Å². The Morgan fingerprint density at radius 1 is 1.16 bits per heavy atom. The third-order valence-electron chi connectivity index (χ3n) is 6.10. The summed E-state index contributed by atoms with van der Waals surface area (Å²) < 4.78 is 2.76. The predicted molar refractivity (Wildman–Crippen MR) is 125 cm³/mol. The predicted octanol–water partition coefficient (Wildman–Crippen LogP) is 4.00. The Morgan fingerprint density at radius 3 is 2.56 bits per heavy atom. The van der Waals surface area contributed by atoms with Crippen molar-refractivity contribution in [2.24, 2.45) is 5.92 Å². The van der Waals surface area contributed by atoms with Crippen LogP contribution in [0.15, 0.2) is 41.8 Å². The van der Waals surface area contributed by atoms with Crippen LogP contribution >= 0.6 is 11.3 Å². The second kappa shape index (κ2) is 9.16. The summed E-state index contributed by atoms with van der Waals surface area (Å²) in [7, 11) is 0. The summed E-state index contributed by atoms with van der Waals surface area (Å²) in [5.41, 5.74) is 3.27. The van der Waals surface area contributed by atoms with E-state index in [1.54, 1.807) is 14.4 Å². The number of aryl methyl sites for hydroxylation is 1. The third kappa shape index (κ3) is 4.27. The van der Waals surface area contributed by atoms with Crippen LogP contribution in [0.25, 0.3) is 10.2 Å². The first-order valence-corrected chi connectivity index (χ1v) is 11.7. The minimum Gasteiger partial charge on any atom is -0.481 e. The van der Waals surface area contributed by atoms with Gasteiger partial charge in [-0.3, -0.25) is 14.4 Å². The summed E-state index contributed by atoms with van der Waals surface area (Å²) in [4.78, 5) is 41.3. The van der Waals surface area contributed by atoms with Crippen LogP contribution in [0, 0.1) is 12.8 Å². The van der Waals surface area contributed by atoms with Crippen LogP contribution in [0.3, 0.4) is 0 Å². The number of piperidine rings is 1. The molecule has 2 aromatic heterocycles. The quantitative estimate of drug-likeness (QED) is 0.612. The van der Waals surface area contributed by atoms with Crippen LogP contribution in [-0.2, 0) is 16.1 Å². The summed E-state index contributed by atoms with van der Waals surface area (Å²) in [6.07, 6.45) is 0.901. The van der Waals surface area contributed by atoms with E-state index in [4.69, 9.17) is 0 Å². The molecular weight excluding hydrogens is 426 g/mol. The number of amides is 2. The van der Waals surface area contributed by atoms with Gasteiger partial charge in [-0.25, -0.2) is 0 Å². The Kier molecular flexibility index (Phi) is 6.32. The molecule has 1 N–H and O–H groups in total. The fourth-order valence-electron chi connectivity index (χ4n) is 4.34. The lowest BCUT2D eigenvalue weighted by Crippen LogP contribution is -2.41. The van der Waals surface area contributed by atoms with Crippen molar-refractivity contribution in [2.75, 3.05) is 24.5 Å². The second-order valence-corrected chi connectivity index (χ2v) is 9.12. The highest BCUT2D eigenvalue weighted by atomic mass is 32.1. The van der Waals surface area contributed by atoms with Crippen LogP contribution in [0.1, 0.15) is 35.8 Å². The topological polar surface area (TPSA) is 82.9 Å². The number of aliphatic carboxylic acids is 1. The number of likely N-dealkylation sites (N-methyl/N-ethyl adjacent to an activating group) is 1. The lowest BCUT2D eigenvalue weighted by atomic mass is 9.97. The van der Waals surface area contributed by atoms with Crippen molar-refractivity contribution < 1.29 is 19.5 Å². The summed E-state index contributed by atoms with van der Waals surface area (Å²) in [6, 6.07) is 11.6. The van der Waals surface area contributed by atoms with Gasteiger partial charge in [0.25, 0.3) is 5.91 Å². The molecule has 0 bridgehead atoms. The van der Waals surface area contributed by atoms with E-state index in [1.807, 2.05) is 55.6 Å². The first-order valence-electron chi connectivity index (χ1n) is 10.8. The van der Waals surface area contributed by atoms with Gasteiger partial charge in [0.2, 0.25) is 5.91 Å². The lowest BCUT2D eigenvalue weighted by molar-refractivity contribution is -0.143. The van der Waals surface area contributed by atoms with Crippen molar-refractivity contribution in [3.8, 4) is 0 Å². The molecule has 3 heterocycles. The molecular formula is C24H27N3O4S. The Morgan fingerprint density at radius 2 is 1.91 bits per heavy atom. The number of carbonyl (C=O) groups is 3. The van der Waals surface area contributed by atoms with Crippen molar-refractivity contribution in [3.63, 3.8) is 0 Å². The normalized spacial score (nSPS) is 14.6. The van der Waals surface area contributed by atoms with E-state index in [1.165, 1.54) is 11.3 Å². The molecule has 1 aliphatic heterocycles. The number of carbonyl (C=O) groups excluding carboxylic acids is 2. The molecule has 3 aromatic rings. The maximum Gasteiger partial charge on any atom is 0.306 e. The van der Waals surface area contributed by atoms with Crippen molar-refractivity contribution >= 4 is 45.0 Å². The Hall–Kier alpha value is -3.13. The van der Waals surface area contributed by atoms with Gasteiger partial charge in [0.1, 0.15) is 12.2 Å². The van der Waals surface area contributed by atoms with Gasteiger partial charge in [-0.05, 0) is 61.9 Å². The molecule has 0 spiro atoms. The molecule has 1 saturated heterocycles. The Balaban J connectivity index is 1.59. The van der Waals surface area contributed by atoms with Gasteiger partial charge in [0, 0.05) is 25.3 Å². The van der Waals surface area contributed by atoms with Gasteiger partial charge in [-0.15, -0.1) is 11.3 Å². The monoisotopic (exact) mass is 453 g/mol. The summed E-state index contributed by atoms with van der Waals surface area (Å²) in [5, 5.41) is 11.2. The van der Waals surface area contributed by atoms with Gasteiger partial charge in [-0.2, -0.15) is 0 Å². The molecule has 32 heavy (non-hydrogen) atoms. The molecule has 8 heteroatoms. The fourth-order valence-corrected chi connectivity index (χ4v) is 5.16. The van der Waals surface area contributed by atoms with Gasteiger partial charge >= 0.3 is 5.97 Å². The molecule has 0 saturated carbocycles. The lowest BCUT2D eigenvalue weighted by Gasteiger charge is -2.30. The van der Waals surface area contributed by atoms with Crippen LogP contribution in [0.2, 0.25) is 0 Å². The zero-order valence-electron chi connectivity index (χ0n) is 18.3. The Labute approximate surface area is 190 Å². The largest absolute Gasteiger partial charge is 0.481 e. The summed E-state index contributed by atoms with van der Waals surface area (Å²) in [6.45, 7) is 5.35. The van der Waals surface area contributed by atoms with E-state index in [0.29, 0.717) is 38.2 Å². The minimum atomic E-state index is -0.803. The van der Waals surface area contributed by atoms with Crippen molar-refractivity contribution in [1.29, 1.82) is 0 Å². The van der Waals surface area contributed by atoms with Gasteiger partial charge in [0.15, 0.2) is 0 Å². The molecule has 1 fully saturated rings. The zero-order chi connectivity index (χ0) is 22.8. The number of rotatable bonds is 6. The summed E-state index contributed by atoms with van der Waals surface area (Å²) >= 11 is 1.54. The molecule has 1 aliphatic rings. The molecule has 4 rings (SSSR count). The first-order chi connectivity index (χ1) is 15.4. The molecule has 2 amide bonds. The molecule has 0 atom stereocenters. The molecule has 0 aliphatic carbocycles. The smallest absolute Gasteiger partial charge is 0.306 e. The minimum absolute atomic E-state index is 0.0642. The number of hydrogen-bond donors (Lipinski definition) is 1. The number of thiophene rings is 1. The van der Waals surface area contributed by atoms with Gasteiger partial charge in [-0.1, -0.05) is 12.1 Å². The number of likely N-dealkylation sites (tertiary alicyclic amines) is 1. The number of fused-ring (bicyclic) bond motifs is 1. The standard InChI is InChI=1S/C24H27N3O4S/c1-3-26(18-6-4-5-16(2)13-18)22(28)15-27-19-9-12-32-21(19)14-20(27)23(29)25-10-7-17(8-11-25)24(30)31/h4-6,9,12-14,17H,3,7-8,10-11,15H2,1-2H3,(H,30,31). The van der Waals surface area contributed by atoms with Crippen molar-refractivity contribution in [2.45, 2.75) is 33.2 Å². The highest BCUT2D eigenvalue weighted by Crippen LogP contribution is 2.28. The highest BCUT2D eigenvalue weighted by Gasteiger charge is 2.30. The van der Waals surface area contributed by atoms with E-state index < -0.39 is 11.9 Å². The number of carboxylic acid groups (broad SMARTS) is 1. The third-order valence-corrected chi connectivity index (χ3v) is 6.95. The number of nitrogens with zero attached hydrogens (tertiary/aromatic N) is 3. The summed E-state index contributed by atoms with van der Waals surface area (Å²) in [5.74, 6) is -1.44. The maximum absolute atomic E-state index is 13.3. The highest BCUT2D eigenvalue weighted by molar-refractivity contribution is 7.17. The molecule has 7 nitrogen and oxygen atoms in total. The molecule has 1 aromatic carbocycles. The molecule has 0 unspecified atom stereocenters. The van der Waals surface area contributed by atoms with Crippen LogP contribution in [0.4, 0.5) is 5.69 Å². The van der Waals surface area contributed by atoms with E-state index >= 15 is 0 Å². The zero-order valence-corrected chi connectivity index (χ0v) is 19.1. The SMILES string of the molecule is CCN(C(=O)Cn1c(C(=O)N2CCC(C(=O)O)CC2)cc2sccc21)c1cccc(C)c1. The Bertz CT molecular complexity index is 1160. The van der Waals surface area contributed by atoms with Crippen molar-refractivity contribution in [3.05, 3.63) is 53.0 Å². The number of anilines is 1. The van der Waals surface area contributed by atoms with Gasteiger partial charge in [0.05, 0.1) is 16.1 Å². The van der Waals surface area contributed by atoms with Crippen LogP contribution in [0.5, 0.6) is 0 Å². The fraction of sp³-hybridized carbons (Fsp3) is 0.375. The van der Waals surface area contributed by atoms with Gasteiger partial charge < -0.3 is 19.5 Å². The number of aromatic nitrogens is 1. The number of carboxylic acids is 1. The average Bonchev–Trinajstić information content (AvgIpc) is 3.36.